The molecule has 1 aromatic carbocycles. The molecule has 0 heterocycles. The maximum Gasteiger partial charge on any atom is 0.220 e. The van der Waals surface area contributed by atoms with Gasteiger partial charge in [0.25, 0.3) is 0 Å². The van der Waals surface area contributed by atoms with Gasteiger partial charge in [-0.25, -0.2) is 0 Å². The summed E-state index contributed by atoms with van der Waals surface area (Å²) < 4.78 is 0. The summed E-state index contributed by atoms with van der Waals surface area (Å²) in [5, 5.41) is 13.8. The Bertz CT molecular complexity index is 493. The summed E-state index contributed by atoms with van der Waals surface area (Å²) in [7, 11) is 0. The standard InChI is InChI=1S/C16H21Cl2NO2/c17-13-6-3-5-11(16(13)18)8-9-15(21)19-10-12-4-1-2-7-14(12)20/h3,5-6,12,14,20H,1-2,4,7-10H2,(H,19,21)/t12-,14+/m0/s1. The van der Waals surface area contributed by atoms with Crippen molar-refractivity contribution in [3.63, 3.8) is 0 Å². The zero-order chi connectivity index (χ0) is 15.2. The molecule has 2 rings (SSSR count). The molecule has 1 aliphatic carbocycles. The predicted octanol–water partition coefficient (Wildman–Crippen LogP) is 3.59. The maximum absolute atomic E-state index is 11.9. The minimum absolute atomic E-state index is 0.0104. The molecule has 0 saturated heterocycles. The van der Waals surface area contributed by atoms with Crippen molar-refractivity contribution in [2.45, 2.75) is 44.6 Å². The lowest BCUT2D eigenvalue weighted by Gasteiger charge is -2.27. The molecular weight excluding hydrogens is 309 g/mol. The van der Waals surface area contributed by atoms with Crippen molar-refractivity contribution in [2.75, 3.05) is 6.54 Å². The van der Waals surface area contributed by atoms with Gasteiger partial charge >= 0.3 is 0 Å². The molecule has 2 N–H and O–H groups in total. The first kappa shape index (κ1) is 16.6. The molecule has 116 valence electrons. The summed E-state index contributed by atoms with van der Waals surface area (Å²) in [4.78, 5) is 11.9. The highest BCUT2D eigenvalue weighted by Gasteiger charge is 2.23. The number of aryl methyl sites for hydroxylation is 1. The van der Waals surface area contributed by atoms with Gasteiger partial charge in [-0.3, -0.25) is 4.79 Å². The summed E-state index contributed by atoms with van der Waals surface area (Å²) in [5.74, 6) is 0.182. The second-order valence-corrected chi connectivity index (χ2v) is 6.41. The van der Waals surface area contributed by atoms with Gasteiger partial charge in [0.1, 0.15) is 0 Å². The lowest BCUT2D eigenvalue weighted by Crippen LogP contribution is -2.36. The summed E-state index contributed by atoms with van der Waals surface area (Å²) in [6.07, 6.45) is 4.72. The fourth-order valence-electron chi connectivity index (χ4n) is 2.75. The first-order valence-corrected chi connectivity index (χ1v) is 8.21. The molecule has 1 saturated carbocycles. The van der Waals surface area contributed by atoms with Crippen LogP contribution in [0.2, 0.25) is 10.0 Å². The van der Waals surface area contributed by atoms with Crippen LogP contribution in [-0.4, -0.2) is 23.7 Å². The molecule has 3 nitrogen and oxygen atoms in total. The zero-order valence-corrected chi connectivity index (χ0v) is 13.5. The SMILES string of the molecule is O=C(CCc1cccc(Cl)c1Cl)NC[C@@H]1CCCC[C@H]1O. The van der Waals surface area contributed by atoms with E-state index in [0.717, 1.165) is 31.2 Å². The third-order valence-corrected chi connectivity index (χ3v) is 4.94. The number of hydrogen-bond acceptors (Lipinski definition) is 2. The molecule has 2 atom stereocenters. The van der Waals surface area contributed by atoms with E-state index in [1.165, 1.54) is 0 Å². The summed E-state index contributed by atoms with van der Waals surface area (Å²) in [5.41, 5.74) is 0.886. The molecule has 0 aromatic heterocycles. The number of nitrogens with one attached hydrogen (secondary N) is 1. The Morgan fingerprint density at radius 1 is 1.29 bits per heavy atom. The van der Waals surface area contributed by atoms with Crippen molar-refractivity contribution in [3.05, 3.63) is 33.8 Å². The van der Waals surface area contributed by atoms with Crippen LogP contribution in [0.4, 0.5) is 0 Å². The van der Waals surface area contributed by atoms with Gasteiger partial charge in [-0.2, -0.15) is 0 Å². The first-order valence-electron chi connectivity index (χ1n) is 7.45. The number of aliphatic hydroxyl groups excluding tert-OH is 1. The smallest absolute Gasteiger partial charge is 0.220 e. The van der Waals surface area contributed by atoms with Gasteiger partial charge in [-0.1, -0.05) is 48.2 Å². The molecule has 0 spiro atoms. The number of rotatable bonds is 5. The molecule has 1 aliphatic rings. The van der Waals surface area contributed by atoms with Crippen molar-refractivity contribution < 1.29 is 9.90 Å². The van der Waals surface area contributed by atoms with Crippen LogP contribution in [0.25, 0.3) is 0 Å². The van der Waals surface area contributed by atoms with E-state index in [0.29, 0.717) is 29.4 Å². The average Bonchev–Trinajstić information content (AvgIpc) is 2.48. The summed E-state index contributed by atoms with van der Waals surface area (Å²) >= 11 is 12.0. The van der Waals surface area contributed by atoms with E-state index >= 15 is 0 Å². The minimum atomic E-state index is -0.276. The van der Waals surface area contributed by atoms with Gasteiger partial charge in [0, 0.05) is 18.9 Å². The Morgan fingerprint density at radius 3 is 2.81 bits per heavy atom. The van der Waals surface area contributed by atoms with Crippen molar-refractivity contribution in [1.29, 1.82) is 0 Å². The third kappa shape index (κ3) is 4.87. The fraction of sp³-hybridized carbons (Fsp3) is 0.562. The zero-order valence-electron chi connectivity index (χ0n) is 11.9. The molecule has 0 bridgehead atoms. The number of carbonyl (C=O) groups is 1. The Hall–Kier alpha value is -0.770. The van der Waals surface area contributed by atoms with Crippen LogP contribution >= 0.6 is 23.2 Å². The topological polar surface area (TPSA) is 49.3 Å². The molecule has 1 amide bonds. The van der Waals surface area contributed by atoms with Crippen LogP contribution in [0, 0.1) is 5.92 Å². The van der Waals surface area contributed by atoms with Crippen molar-refractivity contribution in [2.24, 2.45) is 5.92 Å². The second kappa shape index (κ2) is 8.02. The Balaban J connectivity index is 1.76. The van der Waals surface area contributed by atoms with E-state index in [9.17, 15) is 9.90 Å². The largest absolute Gasteiger partial charge is 0.393 e. The van der Waals surface area contributed by atoms with E-state index in [1.807, 2.05) is 12.1 Å². The fourth-order valence-corrected chi connectivity index (χ4v) is 3.16. The van der Waals surface area contributed by atoms with Crippen LogP contribution < -0.4 is 5.32 Å². The maximum atomic E-state index is 11.9. The molecule has 5 heteroatoms. The molecule has 0 aliphatic heterocycles. The molecule has 0 unspecified atom stereocenters. The number of carbonyl (C=O) groups excluding carboxylic acids is 1. The van der Waals surface area contributed by atoms with Gasteiger partial charge in [0.05, 0.1) is 16.1 Å². The number of benzene rings is 1. The number of amides is 1. The minimum Gasteiger partial charge on any atom is -0.393 e. The monoisotopic (exact) mass is 329 g/mol. The van der Waals surface area contributed by atoms with Crippen LogP contribution in [0.3, 0.4) is 0 Å². The van der Waals surface area contributed by atoms with E-state index in [1.54, 1.807) is 6.07 Å². The van der Waals surface area contributed by atoms with Crippen LogP contribution in [0.1, 0.15) is 37.7 Å². The lowest BCUT2D eigenvalue weighted by molar-refractivity contribution is -0.121. The molecular formula is C16H21Cl2NO2. The number of hydrogen-bond donors (Lipinski definition) is 2. The van der Waals surface area contributed by atoms with Crippen molar-refractivity contribution in [1.82, 2.24) is 5.32 Å². The van der Waals surface area contributed by atoms with E-state index in [2.05, 4.69) is 5.32 Å². The highest BCUT2D eigenvalue weighted by molar-refractivity contribution is 6.42. The number of aliphatic hydroxyl groups is 1. The van der Waals surface area contributed by atoms with Gasteiger partial charge < -0.3 is 10.4 Å². The second-order valence-electron chi connectivity index (χ2n) is 5.63. The molecule has 1 fully saturated rings. The van der Waals surface area contributed by atoms with Gasteiger partial charge in [-0.15, -0.1) is 0 Å². The molecule has 0 radical (unpaired) electrons. The summed E-state index contributed by atoms with van der Waals surface area (Å²) in [6, 6.07) is 5.45. The van der Waals surface area contributed by atoms with Crippen molar-refractivity contribution in [3.8, 4) is 0 Å². The van der Waals surface area contributed by atoms with Crippen molar-refractivity contribution >= 4 is 29.1 Å². The Labute approximate surface area is 135 Å². The van der Waals surface area contributed by atoms with Gasteiger partial charge in [0.15, 0.2) is 0 Å². The normalized spacial score (nSPS) is 22.0. The van der Waals surface area contributed by atoms with Gasteiger partial charge in [-0.05, 0) is 30.9 Å². The lowest BCUT2D eigenvalue weighted by atomic mass is 9.86. The molecule has 1 aromatic rings. The Kier molecular flexibility index (Phi) is 6.34. The van der Waals surface area contributed by atoms with Gasteiger partial charge in [0.2, 0.25) is 5.91 Å². The third-order valence-electron chi connectivity index (χ3n) is 4.08. The van der Waals surface area contributed by atoms with Crippen LogP contribution in [0.5, 0.6) is 0 Å². The van der Waals surface area contributed by atoms with E-state index in [4.69, 9.17) is 23.2 Å². The summed E-state index contributed by atoms with van der Waals surface area (Å²) in [6.45, 7) is 0.559. The van der Waals surface area contributed by atoms with E-state index < -0.39 is 0 Å². The average molecular weight is 330 g/mol. The molecule has 21 heavy (non-hydrogen) atoms. The quantitative estimate of drug-likeness (QED) is 0.867. The Morgan fingerprint density at radius 2 is 2.05 bits per heavy atom. The van der Waals surface area contributed by atoms with Crippen LogP contribution in [0.15, 0.2) is 18.2 Å². The highest BCUT2D eigenvalue weighted by Crippen LogP contribution is 2.26. The van der Waals surface area contributed by atoms with Crippen LogP contribution in [-0.2, 0) is 11.2 Å². The number of halogens is 2. The highest BCUT2D eigenvalue weighted by atomic mass is 35.5. The predicted molar refractivity (Wildman–Crippen MR) is 85.8 cm³/mol. The first-order chi connectivity index (χ1) is 10.1. The van der Waals surface area contributed by atoms with E-state index in [-0.39, 0.29) is 17.9 Å².